The van der Waals surface area contributed by atoms with Crippen molar-refractivity contribution in [1.29, 1.82) is 0 Å². The van der Waals surface area contributed by atoms with Crippen LogP contribution in [0.4, 0.5) is 0 Å². The van der Waals surface area contributed by atoms with E-state index in [1.807, 2.05) is 0 Å². The van der Waals surface area contributed by atoms with E-state index in [0.29, 0.717) is 0 Å². The van der Waals surface area contributed by atoms with E-state index in [1.54, 1.807) is 0 Å². The summed E-state index contributed by atoms with van der Waals surface area (Å²) in [6, 6.07) is 0. The molecule has 0 saturated carbocycles. The Balaban J connectivity index is 2.51. The molecular formula is C4H7N. The van der Waals surface area contributed by atoms with Crippen LogP contribution in [0.2, 0.25) is 0 Å². The Hall–Kier alpha value is -0.460. The van der Waals surface area contributed by atoms with Crippen LogP contribution in [0.5, 0.6) is 0 Å². The average Bonchev–Trinajstić information content (AvgIpc) is 1.30. The van der Waals surface area contributed by atoms with Crippen molar-refractivity contribution in [3.63, 3.8) is 0 Å². The van der Waals surface area contributed by atoms with Crippen molar-refractivity contribution in [2.24, 2.45) is 0 Å². The van der Waals surface area contributed by atoms with E-state index in [-0.39, 0.29) is 0 Å². The molecule has 1 heterocycles. The van der Waals surface area contributed by atoms with E-state index >= 15 is 0 Å². The highest BCUT2D eigenvalue weighted by molar-refractivity contribution is 5.06. The maximum Gasteiger partial charge on any atom is 0.0347 e. The molecule has 0 bridgehead atoms. The van der Waals surface area contributed by atoms with Crippen molar-refractivity contribution in [3.05, 3.63) is 11.8 Å². The Morgan fingerprint density at radius 3 is 2.40 bits per heavy atom. The molecule has 0 aromatic rings. The summed E-state index contributed by atoms with van der Waals surface area (Å²) in [7, 11) is 0. The van der Waals surface area contributed by atoms with Gasteiger partial charge in [0.25, 0.3) is 0 Å². The van der Waals surface area contributed by atoms with Crippen LogP contribution in [0.1, 0.15) is 6.92 Å². The molecule has 0 radical (unpaired) electrons. The van der Waals surface area contributed by atoms with Crippen LogP contribution in [-0.2, 0) is 0 Å². The Kier molecular flexibility index (Phi) is 0.411. The first-order valence-electron chi connectivity index (χ1n) is 1.80. The fourth-order valence-electron chi connectivity index (χ4n) is 0.306. The van der Waals surface area contributed by atoms with Crippen molar-refractivity contribution >= 4 is 0 Å². The minimum absolute atomic E-state index is 1.08. The van der Waals surface area contributed by atoms with Gasteiger partial charge in [-0.1, -0.05) is 0 Å². The smallest absolute Gasteiger partial charge is 0.0347 e. The molecule has 0 aromatic carbocycles. The van der Waals surface area contributed by atoms with Gasteiger partial charge in [0, 0.05) is 12.2 Å². The number of hydrogen-bond donors (Lipinski definition) is 1. The van der Waals surface area contributed by atoms with Gasteiger partial charge in [-0.25, -0.2) is 0 Å². The zero-order valence-electron chi connectivity index (χ0n) is 3.28. The highest BCUT2D eigenvalue weighted by Gasteiger charge is 1.91. The molecule has 1 aliphatic rings. The Labute approximate surface area is 31.7 Å². The van der Waals surface area contributed by atoms with E-state index in [1.165, 1.54) is 5.70 Å². The number of rotatable bonds is 0. The van der Waals surface area contributed by atoms with Gasteiger partial charge in [0.1, 0.15) is 0 Å². The Morgan fingerprint density at radius 1 is 2.00 bits per heavy atom. The maximum absolute atomic E-state index is 3.07. The van der Waals surface area contributed by atoms with Gasteiger partial charge in [0.2, 0.25) is 0 Å². The summed E-state index contributed by atoms with van der Waals surface area (Å²) in [6.45, 7) is 3.13. The molecule has 0 atom stereocenters. The summed E-state index contributed by atoms with van der Waals surface area (Å²) in [6.07, 6.45) is 2.15. The third kappa shape index (κ3) is 0.274. The zero-order valence-corrected chi connectivity index (χ0v) is 3.28. The topological polar surface area (TPSA) is 12.0 Å². The molecule has 0 spiro atoms. The second-order valence-corrected chi connectivity index (χ2v) is 1.27. The van der Waals surface area contributed by atoms with E-state index in [2.05, 4.69) is 18.3 Å². The number of hydrogen-bond acceptors (Lipinski definition) is 1. The second kappa shape index (κ2) is 0.744. The second-order valence-electron chi connectivity index (χ2n) is 1.27. The van der Waals surface area contributed by atoms with Crippen molar-refractivity contribution in [2.75, 3.05) is 6.54 Å². The van der Waals surface area contributed by atoms with Crippen LogP contribution in [0, 0.1) is 0 Å². The normalized spacial score (nSPS) is 19.0. The lowest BCUT2D eigenvalue weighted by Gasteiger charge is -2.10. The molecule has 0 unspecified atom stereocenters. The summed E-state index contributed by atoms with van der Waals surface area (Å²) in [5, 5.41) is 3.07. The molecule has 1 heteroatoms. The predicted molar refractivity (Wildman–Crippen MR) is 21.8 cm³/mol. The summed E-state index contributed by atoms with van der Waals surface area (Å²) in [4.78, 5) is 0. The first-order chi connectivity index (χ1) is 2.39. The molecule has 28 valence electrons. The molecule has 1 rings (SSSR count). The molecule has 1 N–H and O–H groups in total. The summed E-state index contributed by atoms with van der Waals surface area (Å²) in [5.74, 6) is 0. The number of allylic oxidation sites excluding steroid dienone is 1. The van der Waals surface area contributed by atoms with Crippen LogP contribution in [-0.4, -0.2) is 6.54 Å². The van der Waals surface area contributed by atoms with Crippen molar-refractivity contribution in [3.8, 4) is 0 Å². The molecule has 0 saturated heterocycles. The van der Waals surface area contributed by atoms with Crippen molar-refractivity contribution < 1.29 is 0 Å². The van der Waals surface area contributed by atoms with Gasteiger partial charge < -0.3 is 5.32 Å². The summed E-state index contributed by atoms with van der Waals surface area (Å²) < 4.78 is 0. The van der Waals surface area contributed by atoms with Crippen LogP contribution in [0.3, 0.4) is 0 Å². The minimum atomic E-state index is 1.08. The van der Waals surface area contributed by atoms with E-state index in [0.717, 1.165) is 6.54 Å². The molecule has 0 aromatic heterocycles. The van der Waals surface area contributed by atoms with Crippen molar-refractivity contribution in [1.82, 2.24) is 5.32 Å². The molecule has 1 aliphatic heterocycles. The molecule has 0 aliphatic carbocycles. The molecule has 1 nitrogen and oxygen atoms in total. The fraction of sp³-hybridized carbons (Fsp3) is 0.500. The van der Waals surface area contributed by atoms with E-state index < -0.39 is 0 Å². The maximum atomic E-state index is 3.07. The lowest BCUT2D eigenvalue weighted by atomic mass is 10.3. The zero-order chi connectivity index (χ0) is 3.70. The molecule has 0 amide bonds. The van der Waals surface area contributed by atoms with E-state index in [4.69, 9.17) is 0 Å². The van der Waals surface area contributed by atoms with Gasteiger partial charge in [-0.3, -0.25) is 0 Å². The first-order valence-corrected chi connectivity index (χ1v) is 1.80. The third-order valence-corrected chi connectivity index (χ3v) is 0.789. The minimum Gasteiger partial charge on any atom is -0.385 e. The van der Waals surface area contributed by atoms with Gasteiger partial charge in [0.15, 0.2) is 0 Å². The average molecular weight is 69.1 g/mol. The summed E-state index contributed by atoms with van der Waals surface area (Å²) >= 11 is 0. The van der Waals surface area contributed by atoms with Gasteiger partial charge in [-0.15, -0.1) is 0 Å². The van der Waals surface area contributed by atoms with Gasteiger partial charge in [-0.2, -0.15) is 0 Å². The van der Waals surface area contributed by atoms with Gasteiger partial charge >= 0.3 is 0 Å². The quantitative estimate of drug-likeness (QED) is 0.436. The van der Waals surface area contributed by atoms with Crippen LogP contribution in [0.15, 0.2) is 11.8 Å². The van der Waals surface area contributed by atoms with Gasteiger partial charge in [0.05, 0.1) is 0 Å². The first kappa shape index (κ1) is 2.76. The highest BCUT2D eigenvalue weighted by Crippen LogP contribution is 1.91. The Bertz CT molecular complexity index is 64.0. The largest absolute Gasteiger partial charge is 0.385 e. The van der Waals surface area contributed by atoms with Crippen molar-refractivity contribution in [2.45, 2.75) is 6.92 Å². The van der Waals surface area contributed by atoms with Gasteiger partial charge in [-0.05, 0) is 13.0 Å². The molecule has 0 fully saturated rings. The van der Waals surface area contributed by atoms with Crippen LogP contribution in [0.25, 0.3) is 0 Å². The highest BCUT2D eigenvalue weighted by atomic mass is 14.9. The lowest BCUT2D eigenvalue weighted by molar-refractivity contribution is 0.813. The third-order valence-electron chi connectivity index (χ3n) is 0.789. The monoisotopic (exact) mass is 69.1 g/mol. The SMILES string of the molecule is CC1=CCN1. The summed E-state index contributed by atoms with van der Waals surface area (Å²) in [5.41, 5.74) is 1.31. The number of nitrogens with one attached hydrogen (secondary N) is 1. The van der Waals surface area contributed by atoms with E-state index in [9.17, 15) is 0 Å². The van der Waals surface area contributed by atoms with Crippen LogP contribution < -0.4 is 5.32 Å². The Morgan fingerprint density at radius 2 is 2.40 bits per heavy atom. The lowest BCUT2D eigenvalue weighted by Crippen LogP contribution is -2.20. The molecule has 5 heavy (non-hydrogen) atoms. The standard InChI is InChI=1S/C4H7N/c1-4-2-3-5-4/h2,5H,3H2,1H3. The molecular weight excluding hydrogens is 62.1 g/mol. The fourth-order valence-corrected chi connectivity index (χ4v) is 0.306. The predicted octanol–water partition coefficient (Wildman–Crippen LogP) is 0.493. The van der Waals surface area contributed by atoms with Crippen LogP contribution >= 0.6 is 0 Å².